The Morgan fingerprint density at radius 3 is 2.61 bits per heavy atom. The van der Waals surface area contributed by atoms with E-state index in [-0.39, 0.29) is 9.79 Å². The van der Waals surface area contributed by atoms with Crippen LogP contribution in [0.15, 0.2) is 0 Å². The van der Waals surface area contributed by atoms with Gasteiger partial charge in [-0.3, -0.25) is 0 Å². The molecule has 0 aliphatic carbocycles. The summed E-state index contributed by atoms with van der Waals surface area (Å²) >= 11 is 7.34. The first-order valence-electron chi connectivity index (χ1n) is 6.60. The predicted molar refractivity (Wildman–Crippen MR) is 89.2 cm³/mol. The molecule has 0 spiro atoms. The van der Waals surface area contributed by atoms with Gasteiger partial charge in [-0.1, -0.05) is 33.0 Å². The normalized spacial score (nSPS) is 26.7. The minimum atomic E-state index is -1.65. The number of rotatable bonds is 3. The number of hydrogen-bond acceptors (Lipinski definition) is 3. The third-order valence-corrected chi connectivity index (χ3v) is 10.1. The van der Waals surface area contributed by atoms with E-state index in [1.165, 1.54) is 0 Å². The summed E-state index contributed by atoms with van der Waals surface area (Å²) in [7, 11) is -1.65. The second-order valence-corrected chi connectivity index (χ2v) is 13.9. The quantitative estimate of drug-likeness (QED) is 0.632. The first-order chi connectivity index (χ1) is 8.06. The van der Waals surface area contributed by atoms with Gasteiger partial charge in [-0.15, -0.1) is 0 Å². The van der Waals surface area contributed by atoms with Crippen molar-refractivity contribution in [3.63, 3.8) is 0 Å². The molecule has 1 saturated heterocycles. The molecule has 0 unspecified atom stereocenters. The lowest BCUT2D eigenvalue weighted by atomic mass is 10.1. The molecule has 106 valence electrons. The van der Waals surface area contributed by atoms with Crippen LogP contribution in [-0.2, 0) is 4.43 Å². The Labute approximate surface area is 123 Å². The molecule has 0 saturated carbocycles. The molecule has 0 radical (unpaired) electrons. The molecule has 1 aliphatic heterocycles. The Morgan fingerprint density at radius 2 is 2.06 bits per heavy atom. The van der Waals surface area contributed by atoms with Gasteiger partial charge in [0, 0.05) is 30.1 Å². The summed E-state index contributed by atoms with van der Waals surface area (Å²) in [6.07, 6.45) is 0.932. The summed E-state index contributed by atoms with van der Waals surface area (Å²) in [5.41, 5.74) is 0. The number of hydrogen-bond donors (Lipinski definition) is 1. The molecule has 1 atom stereocenters. The zero-order valence-electron chi connectivity index (χ0n) is 12.6. The lowest BCUT2D eigenvalue weighted by Crippen LogP contribution is -2.45. The van der Waals surface area contributed by atoms with Crippen molar-refractivity contribution < 1.29 is 4.43 Å². The average Bonchev–Trinajstić information content (AvgIpc) is 2.36. The predicted octanol–water partition coefficient (Wildman–Crippen LogP) is 3.82. The number of nitrogens with one attached hydrogen (secondary N) is 1. The second-order valence-electron chi connectivity index (χ2n) is 6.87. The van der Waals surface area contributed by atoms with Crippen molar-refractivity contribution >= 4 is 37.3 Å². The SMILES string of the molecule is CC(C)(C)[Si](C)(C)OC[C@@]1(C)CC(=S)NCCS1. The van der Waals surface area contributed by atoms with Crippen LogP contribution >= 0.6 is 24.0 Å². The molecule has 18 heavy (non-hydrogen) atoms. The van der Waals surface area contributed by atoms with E-state index >= 15 is 0 Å². The van der Waals surface area contributed by atoms with Crippen LogP contribution in [-0.4, -0.2) is 37.0 Å². The van der Waals surface area contributed by atoms with Gasteiger partial charge in [0.2, 0.25) is 0 Å². The van der Waals surface area contributed by atoms with Crippen molar-refractivity contribution in [3.8, 4) is 0 Å². The lowest BCUT2D eigenvalue weighted by molar-refractivity contribution is 0.257. The monoisotopic (exact) mass is 305 g/mol. The molecule has 0 aromatic carbocycles. The summed E-state index contributed by atoms with van der Waals surface area (Å²) in [5, 5.41) is 3.57. The number of thioether (sulfide) groups is 1. The summed E-state index contributed by atoms with van der Waals surface area (Å²) in [5.74, 6) is 1.11. The van der Waals surface area contributed by atoms with E-state index in [2.05, 4.69) is 46.1 Å². The van der Waals surface area contributed by atoms with Crippen molar-refractivity contribution in [1.82, 2.24) is 5.32 Å². The molecule has 1 rings (SSSR count). The molecule has 0 bridgehead atoms. The highest BCUT2D eigenvalue weighted by Crippen LogP contribution is 2.39. The minimum Gasteiger partial charge on any atom is -0.415 e. The van der Waals surface area contributed by atoms with Gasteiger partial charge in [-0.05, 0) is 25.1 Å². The highest BCUT2D eigenvalue weighted by molar-refractivity contribution is 8.00. The standard InChI is InChI=1S/C13H27NOS2Si/c1-12(2,3)18(5,6)15-10-13(4)9-11(16)14-7-8-17-13/h7-10H2,1-6H3,(H,14,16)/t13-/m1/s1. The smallest absolute Gasteiger partial charge is 0.192 e. The molecule has 1 heterocycles. The zero-order valence-corrected chi connectivity index (χ0v) is 15.2. The summed E-state index contributed by atoms with van der Waals surface area (Å²) in [6, 6.07) is 0. The third-order valence-electron chi connectivity index (χ3n) is 3.95. The van der Waals surface area contributed by atoms with Crippen LogP contribution in [0.1, 0.15) is 34.1 Å². The van der Waals surface area contributed by atoms with E-state index < -0.39 is 8.32 Å². The molecule has 0 aromatic heterocycles. The van der Waals surface area contributed by atoms with E-state index in [9.17, 15) is 0 Å². The molecule has 0 amide bonds. The van der Waals surface area contributed by atoms with Crippen LogP contribution in [0, 0.1) is 0 Å². The second kappa shape index (κ2) is 5.81. The van der Waals surface area contributed by atoms with Gasteiger partial charge in [-0.25, -0.2) is 0 Å². The molecule has 0 aromatic rings. The van der Waals surface area contributed by atoms with Crippen molar-refractivity contribution in [3.05, 3.63) is 0 Å². The fraction of sp³-hybridized carbons (Fsp3) is 0.923. The Balaban J connectivity index is 2.63. The first-order valence-corrected chi connectivity index (χ1v) is 10.9. The van der Waals surface area contributed by atoms with Crippen LogP contribution in [0.4, 0.5) is 0 Å². The fourth-order valence-corrected chi connectivity index (χ4v) is 4.40. The molecule has 1 N–H and O–H groups in total. The van der Waals surface area contributed by atoms with Gasteiger partial charge < -0.3 is 9.74 Å². The molecule has 1 fully saturated rings. The average molecular weight is 306 g/mol. The van der Waals surface area contributed by atoms with Crippen LogP contribution < -0.4 is 5.32 Å². The van der Waals surface area contributed by atoms with Crippen molar-refractivity contribution in [2.45, 2.75) is 57.0 Å². The van der Waals surface area contributed by atoms with Crippen molar-refractivity contribution in [1.29, 1.82) is 0 Å². The van der Waals surface area contributed by atoms with E-state index in [0.717, 1.165) is 30.3 Å². The lowest BCUT2D eigenvalue weighted by Gasteiger charge is -2.39. The summed E-state index contributed by atoms with van der Waals surface area (Å²) in [4.78, 5) is 0.987. The summed E-state index contributed by atoms with van der Waals surface area (Å²) in [6.45, 7) is 15.6. The maximum atomic E-state index is 6.37. The topological polar surface area (TPSA) is 21.3 Å². The van der Waals surface area contributed by atoms with Gasteiger partial charge in [0.05, 0.1) is 4.99 Å². The molecule has 2 nitrogen and oxygen atoms in total. The van der Waals surface area contributed by atoms with E-state index in [1.807, 2.05) is 11.8 Å². The van der Waals surface area contributed by atoms with Gasteiger partial charge in [0.1, 0.15) is 0 Å². The molecular weight excluding hydrogens is 278 g/mol. The van der Waals surface area contributed by atoms with Gasteiger partial charge in [0.25, 0.3) is 0 Å². The third kappa shape index (κ3) is 4.51. The minimum absolute atomic E-state index is 0.135. The number of thiocarbonyl (C=S) groups is 1. The Morgan fingerprint density at radius 1 is 1.44 bits per heavy atom. The molecule has 1 aliphatic rings. The maximum absolute atomic E-state index is 6.37. The van der Waals surface area contributed by atoms with E-state index in [1.54, 1.807) is 0 Å². The first kappa shape index (κ1) is 16.5. The largest absolute Gasteiger partial charge is 0.415 e. The molecule has 5 heteroatoms. The van der Waals surface area contributed by atoms with Crippen LogP contribution in [0.2, 0.25) is 18.1 Å². The van der Waals surface area contributed by atoms with Gasteiger partial charge in [-0.2, -0.15) is 11.8 Å². The Hall–Kier alpha value is 0.417. The molecular formula is C13H27NOS2Si. The highest BCUT2D eigenvalue weighted by atomic mass is 32.2. The van der Waals surface area contributed by atoms with Gasteiger partial charge in [0.15, 0.2) is 8.32 Å². The van der Waals surface area contributed by atoms with Gasteiger partial charge >= 0.3 is 0 Å². The van der Waals surface area contributed by atoms with Crippen LogP contribution in [0.25, 0.3) is 0 Å². The van der Waals surface area contributed by atoms with Crippen molar-refractivity contribution in [2.24, 2.45) is 0 Å². The summed E-state index contributed by atoms with van der Waals surface area (Å²) < 4.78 is 6.51. The highest BCUT2D eigenvalue weighted by Gasteiger charge is 2.39. The van der Waals surface area contributed by atoms with Crippen molar-refractivity contribution in [2.75, 3.05) is 18.9 Å². The Kier molecular flexibility index (Phi) is 5.32. The van der Waals surface area contributed by atoms with Crippen LogP contribution in [0.3, 0.4) is 0 Å². The van der Waals surface area contributed by atoms with E-state index in [0.29, 0.717) is 0 Å². The Bertz CT molecular complexity index is 315. The zero-order chi connectivity index (χ0) is 14.0. The van der Waals surface area contributed by atoms with E-state index in [4.69, 9.17) is 16.6 Å². The fourth-order valence-electron chi connectivity index (χ4n) is 1.58. The van der Waals surface area contributed by atoms with Crippen LogP contribution in [0.5, 0.6) is 0 Å². The maximum Gasteiger partial charge on any atom is 0.192 e.